The summed E-state index contributed by atoms with van der Waals surface area (Å²) in [6, 6.07) is 13.7. The van der Waals surface area contributed by atoms with Gasteiger partial charge >= 0.3 is 0 Å². The van der Waals surface area contributed by atoms with E-state index >= 15 is 0 Å². The summed E-state index contributed by atoms with van der Waals surface area (Å²) in [5.74, 6) is -0.291. The molecule has 0 aliphatic carbocycles. The molecular formula is C17H16ClNO3S. The smallest absolute Gasteiger partial charge is 0.241 e. The maximum Gasteiger partial charge on any atom is 0.241 e. The standard InChI is InChI=1S/C17H16ClNO3S/c1-12(13(2)20)17(14-8-10-15(18)11-9-14)19-23(21,22)16-6-4-3-5-7-16/h3-11,17,19H,1H2,2H3/t17-/m0/s1. The van der Waals surface area contributed by atoms with E-state index in [-0.39, 0.29) is 16.3 Å². The first kappa shape index (κ1) is 17.4. The Morgan fingerprint density at radius 3 is 2.17 bits per heavy atom. The number of hydrogen-bond donors (Lipinski definition) is 1. The van der Waals surface area contributed by atoms with Gasteiger partial charge in [-0.15, -0.1) is 0 Å². The van der Waals surface area contributed by atoms with Crippen molar-refractivity contribution in [3.63, 3.8) is 0 Å². The summed E-state index contributed by atoms with van der Waals surface area (Å²) in [5, 5.41) is 0.520. The van der Waals surface area contributed by atoms with Gasteiger partial charge in [0.2, 0.25) is 10.0 Å². The third-order valence-electron chi connectivity index (χ3n) is 3.33. The van der Waals surface area contributed by atoms with E-state index in [0.29, 0.717) is 10.6 Å². The fourth-order valence-corrected chi connectivity index (χ4v) is 3.39. The Bertz CT molecular complexity index is 815. The highest BCUT2D eigenvalue weighted by atomic mass is 35.5. The molecule has 0 radical (unpaired) electrons. The highest BCUT2D eigenvalue weighted by Crippen LogP contribution is 2.25. The van der Waals surface area contributed by atoms with Crippen LogP contribution in [0.5, 0.6) is 0 Å². The number of ketones is 1. The van der Waals surface area contributed by atoms with Gasteiger partial charge in [0.25, 0.3) is 0 Å². The van der Waals surface area contributed by atoms with E-state index < -0.39 is 16.1 Å². The van der Waals surface area contributed by atoms with Gasteiger partial charge in [0, 0.05) is 10.6 Å². The van der Waals surface area contributed by atoms with Crippen LogP contribution in [0, 0.1) is 0 Å². The van der Waals surface area contributed by atoms with Gasteiger partial charge in [-0.05, 0) is 36.8 Å². The summed E-state index contributed by atoms with van der Waals surface area (Å²) >= 11 is 5.86. The molecule has 2 aromatic carbocycles. The maximum absolute atomic E-state index is 12.5. The van der Waals surface area contributed by atoms with Crippen LogP contribution in [0.4, 0.5) is 0 Å². The zero-order chi connectivity index (χ0) is 17.0. The molecule has 1 atom stereocenters. The summed E-state index contributed by atoms with van der Waals surface area (Å²) < 4.78 is 27.6. The molecule has 0 aromatic heterocycles. The number of hydrogen-bond acceptors (Lipinski definition) is 3. The number of rotatable bonds is 6. The van der Waals surface area contributed by atoms with E-state index in [1.807, 2.05) is 0 Å². The predicted molar refractivity (Wildman–Crippen MR) is 90.8 cm³/mol. The van der Waals surface area contributed by atoms with Crippen LogP contribution in [0.3, 0.4) is 0 Å². The van der Waals surface area contributed by atoms with Gasteiger partial charge in [-0.1, -0.05) is 48.5 Å². The van der Waals surface area contributed by atoms with Crippen LogP contribution in [0.15, 0.2) is 71.6 Å². The second kappa shape index (κ2) is 7.08. The lowest BCUT2D eigenvalue weighted by Crippen LogP contribution is -2.31. The zero-order valence-electron chi connectivity index (χ0n) is 12.5. The van der Waals surface area contributed by atoms with Gasteiger partial charge in [0.1, 0.15) is 0 Å². The molecule has 0 saturated heterocycles. The van der Waals surface area contributed by atoms with Crippen molar-refractivity contribution < 1.29 is 13.2 Å². The monoisotopic (exact) mass is 349 g/mol. The lowest BCUT2D eigenvalue weighted by molar-refractivity contribution is -0.113. The average molecular weight is 350 g/mol. The van der Waals surface area contributed by atoms with E-state index in [1.54, 1.807) is 42.5 Å². The highest BCUT2D eigenvalue weighted by molar-refractivity contribution is 7.89. The van der Waals surface area contributed by atoms with Crippen molar-refractivity contribution in [3.8, 4) is 0 Å². The van der Waals surface area contributed by atoms with Crippen molar-refractivity contribution in [2.75, 3.05) is 0 Å². The molecule has 2 rings (SSSR count). The molecule has 1 N–H and O–H groups in total. The second-order valence-corrected chi connectivity index (χ2v) is 7.15. The average Bonchev–Trinajstić information content (AvgIpc) is 2.53. The quantitative estimate of drug-likeness (QED) is 0.812. The van der Waals surface area contributed by atoms with Crippen molar-refractivity contribution in [3.05, 3.63) is 77.3 Å². The molecule has 0 saturated carbocycles. The summed E-state index contributed by atoms with van der Waals surface area (Å²) in [5.41, 5.74) is 0.751. The summed E-state index contributed by atoms with van der Waals surface area (Å²) in [6.07, 6.45) is 0. The second-order valence-electron chi connectivity index (χ2n) is 5.00. The molecule has 4 nitrogen and oxygen atoms in total. The minimum Gasteiger partial charge on any atom is -0.295 e. The summed E-state index contributed by atoms with van der Waals surface area (Å²) in [7, 11) is -3.79. The number of halogens is 1. The molecule has 0 fully saturated rings. The first-order valence-electron chi connectivity index (χ1n) is 6.84. The van der Waals surface area contributed by atoms with Crippen molar-refractivity contribution in [2.45, 2.75) is 17.9 Å². The van der Waals surface area contributed by atoms with Crippen LogP contribution >= 0.6 is 11.6 Å². The number of benzene rings is 2. The summed E-state index contributed by atoms with van der Waals surface area (Å²) in [4.78, 5) is 11.8. The van der Waals surface area contributed by atoms with Gasteiger partial charge in [-0.2, -0.15) is 4.72 Å². The van der Waals surface area contributed by atoms with E-state index in [0.717, 1.165) is 0 Å². The van der Waals surface area contributed by atoms with Crippen LogP contribution < -0.4 is 4.72 Å². The first-order valence-corrected chi connectivity index (χ1v) is 8.70. The number of carbonyl (C=O) groups excluding carboxylic acids is 1. The lowest BCUT2D eigenvalue weighted by Gasteiger charge is -2.20. The molecule has 120 valence electrons. The molecular weight excluding hydrogens is 334 g/mol. The SMILES string of the molecule is C=C(C(C)=O)[C@H](NS(=O)(=O)c1ccccc1)c1ccc(Cl)cc1. The molecule has 0 amide bonds. The maximum atomic E-state index is 12.5. The molecule has 0 aliphatic heterocycles. The largest absolute Gasteiger partial charge is 0.295 e. The Kier molecular flexibility index (Phi) is 5.36. The van der Waals surface area contributed by atoms with Gasteiger partial charge in [-0.25, -0.2) is 8.42 Å². The Morgan fingerprint density at radius 1 is 1.09 bits per heavy atom. The van der Waals surface area contributed by atoms with Crippen molar-refractivity contribution in [1.82, 2.24) is 4.72 Å². The number of Topliss-reactive ketones (excluding diaryl/α,β-unsaturated/α-hetero) is 1. The van der Waals surface area contributed by atoms with Crippen molar-refractivity contribution in [2.24, 2.45) is 0 Å². The normalized spacial score (nSPS) is 12.6. The van der Waals surface area contributed by atoms with Crippen LogP contribution in [0.1, 0.15) is 18.5 Å². The molecule has 23 heavy (non-hydrogen) atoms. The van der Waals surface area contributed by atoms with Crippen molar-refractivity contribution >= 4 is 27.4 Å². The predicted octanol–water partition coefficient (Wildman–Crippen LogP) is 3.50. The van der Waals surface area contributed by atoms with E-state index in [4.69, 9.17) is 11.6 Å². The van der Waals surface area contributed by atoms with Gasteiger partial charge in [-0.3, -0.25) is 4.79 Å². The van der Waals surface area contributed by atoms with Gasteiger partial charge < -0.3 is 0 Å². The Morgan fingerprint density at radius 2 is 1.65 bits per heavy atom. The highest BCUT2D eigenvalue weighted by Gasteiger charge is 2.25. The van der Waals surface area contributed by atoms with Gasteiger partial charge in [0.15, 0.2) is 5.78 Å². The zero-order valence-corrected chi connectivity index (χ0v) is 14.1. The van der Waals surface area contributed by atoms with E-state index in [1.165, 1.54) is 19.1 Å². The fourth-order valence-electron chi connectivity index (χ4n) is 2.02. The molecule has 0 unspecified atom stereocenters. The summed E-state index contributed by atoms with van der Waals surface area (Å²) in [6.45, 7) is 5.07. The molecule has 2 aromatic rings. The molecule has 0 spiro atoms. The Balaban J connectivity index is 2.41. The van der Waals surface area contributed by atoms with E-state index in [2.05, 4.69) is 11.3 Å². The number of nitrogens with one attached hydrogen (secondary N) is 1. The minimum absolute atomic E-state index is 0.121. The minimum atomic E-state index is -3.79. The molecule has 6 heteroatoms. The van der Waals surface area contributed by atoms with Gasteiger partial charge in [0.05, 0.1) is 10.9 Å². The lowest BCUT2D eigenvalue weighted by atomic mass is 9.98. The van der Waals surface area contributed by atoms with Crippen molar-refractivity contribution in [1.29, 1.82) is 0 Å². The first-order chi connectivity index (χ1) is 10.8. The van der Waals surface area contributed by atoms with Crippen LogP contribution in [0.25, 0.3) is 0 Å². The molecule has 0 heterocycles. The third-order valence-corrected chi connectivity index (χ3v) is 5.02. The Hall–Kier alpha value is -1.95. The molecule has 0 aliphatic rings. The fraction of sp³-hybridized carbons (Fsp3) is 0.118. The van der Waals surface area contributed by atoms with E-state index in [9.17, 15) is 13.2 Å². The van der Waals surface area contributed by atoms with Crippen LogP contribution in [-0.4, -0.2) is 14.2 Å². The molecule has 0 bridgehead atoms. The Labute approximate surface area is 140 Å². The van der Waals surface area contributed by atoms with Crippen LogP contribution in [-0.2, 0) is 14.8 Å². The number of carbonyl (C=O) groups is 1. The van der Waals surface area contributed by atoms with Crippen LogP contribution in [0.2, 0.25) is 5.02 Å². The third kappa shape index (κ3) is 4.28. The number of sulfonamides is 1. The topological polar surface area (TPSA) is 63.2 Å².